The van der Waals surface area contributed by atoms with E-state index in [4.69, 9.17) is 10.5 Å². The van der Waals surface area contributed by atoms with Gasteiger partial charge in [0.2, 0.25) is 5.95 Å². The molecule has 0 unspecified atom stereocenters. The molecule has 7 heteroatoms. The van der Waals surface area contributed by atoms with Crippen LogP contribution in [-0.4, -0.2) is 14.9 Å². The second-order valence-electron chi connectivity index (χ2n) is 4.18. The number of hydrogen-bond acceptors (Lipinski definition) is 6. The molecule has 1 aromatic carbocycles. The lowest BCUT2D eigenvalue weighted by molar-refractivity contribution is -0.386. The Morgan fingerprint density at radius 3 is 2.50 bits per heavy atom. The molecule has 104 valence electrons. The van der Waals surface area contributed by atoms with Gasteiger partial charge in [0.05, 0.1) is 4.92 Å². The first-order valence-electron chi connectivity index (χ1n) is 6.06. The van der Waals surface area contributed by atoms with Gasteiger partial charge >= 0.3 is 11.6 Å². The van der Waals surface area contributed by atoms with Crippen molar-refractivity contribution >= 4 is 11.6 Å². The summed E-state index contributed by atoms with van der Waals surface area (Å²) >= 11 is 0. The van der Waals surface area contributed by atoms with Crippen molar-refractivity contribution in [2.45, 2.75) is 20.3 Å². The molecule has 0 saturated carbocycles. The van der Waals surface area contributed by atoms with Crippen molar-refractivity contribution in [1.82, 2.24) is 9.97 Å². The highest BCUT2D eigenvalue weighted by Crippen LogP contribution is 2.31. The van der Waals surface area contributed by atoms with E-state index in [2.05, 4.69) is 9.97 Å². The number of ether oxygens (including phenoxy) is 1. The van der Waals surface area contributed by atoms with Crippen molar-refractivity contribution in [3.63, 3.8) is 0 Å². The Balaban J connectivity index is 2.39. The molecule has 0 bridgehead atoms. The third-order valence-electron chi connectivity index (χ3n) is 2.77. The molecule has 0 aliphatic carbocycles. The predicted molar refractivity (Wildman–Crippen MR) is 73.7 cm³/mol. The van der Waals surface area contributed by atoms with E-state index in [-0.39, 0.29) is 23.2 Å². The Morgan fingerprint density at radius 2 is 1.95 bits per heavy atom. The number of anilines is 1. The van der Waals surface area contributed by atoms with E-state index in [0.717, 1.165) is 12.0 Å². The molecule has 1 heterocycles. The van der Waals surface area contributed by atoms with E-state index >= 15 is 0 Å². The quantitative estimate of drug-likeness (QED) is 0.678. The zero-order valence-corrected chi connectivity index (χ0v) is 11.2. The van der Waals surface area contributed by atoms with Gasteiger partial charge in [0.1, 0.15) is 11.4 Å². The number of rotatable bonds is 4. The van der Waals surface area contributed by atoms with Gasteiger partial charge in [-0.1, -0.05) is 19.1 Å². The van der Waals surface area contributed by atoms with Crippen LogP contribution >= 0.6 is 0 Å². The lowest BCUT2D eigenvalue weighted by Gasteiger charge is -2.07. The maximum absolute atomic E-state index is 11.0. The highest BCUT2D eigenvalue weighted by atomic mass is 16.6. The maximum Gasteiger partial charge on any atom is 0.352 e. The van der Waals surface area contributed by atoms with Crippen molar-refractivity contribution in [3.05, 3.63) is 45.6 Å². The number of hydrogen-bond donors (Lipinski definition) is 1. The first kappa shape index (κ1) is 13.7. The summed E-state index contributed by atoms with van der Waals surface area (Å²) in [5.41, 5.74) is 6.54. The molecule has 0 spiro atoms. The largest absolute Gasteiger partial charge is 0.434 e. The van der Waals surface area contributed by atoms with Crippen molar-refractivity contribution in [2.75, 3.05) is 5.73 Å². The summed E-state index contributed by atoms with van der Waals surface area (Å²) in [5.74, 6) is 0.250. The fraction of sp³-hybridized carbons (Fsp3) is 0.231. The summed E-state index contributed by atoms with van der Waals surface area (Å²) in [6, 6.07) is 7.24. The lowest BCUT2D eigenvalue weighted by Crippen LogP contribution is -2.04. The number of nitrogens with two attached hydrogens (primary N) is 1. The normalized spacial score (nSPS) is 10.3. The molecule has 1 aromatic heterocycles. The molecule has 0 aliphatic rings. The first-order valence-corrected chi connectivity index (χ1v) is 6.06. The van der Waals surface area contributed by atoms with Gasteiger partial charge in [-0.05, 0) is 31.0 Å². The molecule has 0 fully saturated rings. The number of benzene rings is 1. The molecule has 0 radical (unpaired) electrons. The van der Waals surface area contributed by atoms with Gasteiger partial charge in [-0.15, -0.1) is 0 Å². The first-order chi connectivity index (χ1) is 9.51. The Hall–Kier alpha value is -2.70. The van der Waals surface area contributed by atoms with Crippen LogP contribution in [0.5, 0.6) is 11.6 Å². The third kappa shape index (κ3) is 2.82. The second kappa shape index (κ2) is 5.52. The minimum atomic E-state index is -0.579. The van der Waals surface area contributed by atoms with Crippen LogP contribution in [0.25, 0.3) is 0 Å². The van der Waals surface area contributed by atoms with Gasteiger partial charge in [-0.25, -0.2) is 4.98 Å². The zero-order chi connectivity index (χ0) is 14.7. The average molecular weight is 274 g/mol. The van der Waals surface area contributed by atoms with E-state index in [1.54, 1.807) is 12.1 Å². The maximum atomic E-state index is 11.0. The van der Waals surface area contributed by atoms with Crippen LogP contribution in [0.3, 0.4) is 0 Å². The fourth-order valence-corrected chi connectivity index (χ4v) is 1.75. The molecule has 0 saturated heterocycles. The number of nitrogens with zero attached hydrogens (tertiary/aromatic N) is 3. The minimum absolute atomic E-state index is 0.0618. The standard InChI is InChI=1S/C13H14N4O3/c1-3-9-4-6-10(7-5-9)20-12-11(17(18)19)8(2)15-13(14)16-12/h4-7H,3H2,1-2H3,(H2,14,15,16). The smallest absolute Gasteiger partial charge is 0.352 e. The van der Waals surface area contributed by atoms with Crippen LogP contribution in [0.2, 0.25) is 0 Å². The average Bonchev–Trinajstić information content (AvgIpc) is 2.38. The third-order valence-corrected chi connectivity index (χ3v) is 2.77. The van der Waals surface area contributed by atoms with Gasteiger partial charge in [0, 0.05) is 0 Å². The summed E-state index contributed by atoms with van der Waals surface area (Å²) in [5, 5.41) is 11.0. The highest BCUT2D eigenvalue weighted by molar-refractivity contribution is 5.49. The van der Waals surface area contributed by atoms with E-state index in [1.165, 1.54) is 6.92 Å². The number of nitrogen functional groups attached to an aromatic ring is 1. The summed E-state index contributed by atoms with van der Waals surface area (Å²) in [7, 11) is 0. The Kier molecular flexibility index (Phi) is 3.79. The van der Waals surface area contributed by atoms with Crippen molar-refractivity contribution in [1.29, 1.82) is 0 Å². The van der Waals surface area contributed by atoms with Crippen LogP contribution in [0.4, 0.5) is 11.6 Å². The van der Waals surface area contributed by atoms with Crippen molar-refractivity contribution in [2.24, 2.45) is 0 Å². The molecule has 0 aliphatic heterocycles. The van der Waals surface area contributed by atoms with Crippen molar-refractivity contribution in [3.8, 4) is 11.6 Å². The van der Waals surface area contributed by atoms with E-state index in [0.29, 0.717) is 5.75 Å². The minimum Gasteiger partial charge on any atom is -0.434 e. The Morgan fingerprint density at radius 1 is 1.30 bits per heavy atom. The van der Waals surface area contributed by atoms with Gasteiger partial charge in [-0.3, -0.25) is 10.1 Å². The van der Waals surface area contributed by atoms with Crippen LogP contribution in [0.1, 0.15) is 18.2 Å². The van der Waals surface area contributed by atoms with Gasteiger partial charge in [-0.2, -0.15) is 4.98 Å². The Labute approximate surface area is 115 Å². The number of aryl methyl sites for hydroxylation is 2. The molecule has 2 N–H and O–H groups in total. The van der Waals surface area contributed by atoms with E-state index in [9.17, 15) is 10.1 Å². The summed E-state index contributed by atoms with van der Waals surface area (Å²) in [4.78, 5) is 18.0. The monoisotopic (exact) mass is 274 g/mol. The van der Waals surface area contributed by atoms with Gasteiger partial charge in [0.25, 0.3) is 0 Å². The molecule has 2 rings (SSSR count). The molecule has 0 amide bonds. The van der Waals surface area contributed by atoms with Crippen LogP contribution in [-0.2, 0) is 6.42 Å². The number of nitro groups is 1. The highest BCUT2D eigenvalue weighted by Gasteiger charge is 2.23. The summed E-state index contributed by atoms with van der Waals surface area (Å²) < 4.78 is 5.46. The van der Waals surface area contributed by atoms with Crippen LogP contribution in [0, 0.1) is 17.0 Å². The molecule has 0 atom stereocenters. The van der Waals surface area contributed by atoms with Crippen LogP contribution < -0.4 is 10.5 Å². The molecule has 20 heavy (non-hydrogen) atoms. The zero-order valence-electron chi connectivity index (χ0n) is 11.2. The fourth-order valence-electron chi connectivity index (χ4n) is 1.75. The SMILES string of the molecule is CCc1ccc(Oc2nc(N)nc(C)c2[N+](=O)[O-])cc1. The second-order valence-corrected chi connectivity index (χ2v) is 4.18. The molecule has 2 aromatic rings. The van der Waals surface area contributed by atoms with Gasteiger partial charge in [0.15, 0.2) is 0 Å². The summed E-state index contributed by atoms with van der Waals surface area (Å²) in [6.07, 6.45) is 0.903. The Bertz CT molecular complexity index is 641. The lowest BCUT2D eigenvalue weighted by atomic mass is 10.2. The predicted octanol–water partition coefficient (Wildman–Crippen LogP) is 2.63. The molecule has 7 nitrogen and oxygen atoms in total. The molecular weight excluding hydrogens is 260 g/mol. The van der Waals surface area contributed by atoms with Crippen LogP contribution in [0.15, 0.2) is 24.3 Å². The van der Waals surface area contributed by atoms with Gasteiger partial charge < -0.3 is 10.5 Å². The van der Waals surface area contributed by atoms with Crippen molar-refractivity contribution < 1.29 is 9.66 Å². The van der Waals surface area contributed by atoms with E-state index in [1.807, 2.05) is 19.1 Å². The molecular formula is C13H14N4O3. The summed E-state index contributed by atoms with van der Waals surface area (Å²) in [6.45, 7) is 3.53. The number of aromatic nitrogens is 2. The topological polar surface area (TPSA) is 104 Å². The van der Waals surface area contributed by atoms with E-state index < -0.39 is 4.92 Å².